The summed E-state index contributed by atoms with van der Waals surface area (Å²) in [5, 5.41) is 6.49. The Morgan fingerprint density at radius 3 is 2.46 bits per heavy atom. The molecular formula is C25H37N5O5. The molecule has 1 aromatic heterocycles. The number of likely N-dealkylation sites (tertiary alicyclic amines) is 1. The van der Waals surface area contributed by atoms with Gasteiger partial charge in [0.2, 0.25) is 18.2 Å². The van der Waals surface area contributed by atoms with Crippen LogP contribution in [-0.4, -0.2) is 65.2 Å². The first-order valence-corrected chi connectivity index (χ1v) is 12.1. The van der Waals surface area contributed by atoms with Crippen molar-refractivity contribution in [1.82, 2.24) is 24.7 Å². The van der Waals surface area contributed by atoms with Crippen molar-refractivity contribution in [3.63, 3.8) is 0 Å². The molecule has 0 bridgehead atoms. The van der Waals surface area contributed by atoms with E-state index >= 15 is 0 Å². The molecule has 0 radical (unpaired) electrons. The van der Waals surface area contributed by atoms with Crippen LogP contribution in [0.25, 0.3) is 11.6 Å². The van der Waals surface area contributed by atoms with Gasteiger partial charge >= 0.3 is 5.69 Å². The van der Waals surface area contributed by atoms with E-state index in [0.717, 1.165) is 24.7 Å². The molecule has 10 heteroatoms. The molecule has 10 nitrogen and oxygen atoms in total. The molecule has 2 N–H and O–H groups in total. The van der Waals surface area contributed by atoms with Crippen molar-refractivity contribution in [2.75, 3.05) is 26.7 Å². The molecule has 1 fully saturated rings. The maximum Gasteiger partial charge on any atom is 0.329 e. The Kier molecular flexibility index (Phi) is 10.7. The summed E-state index contributed by atoms with van der Waals surface area (Å²) in [5.74, 6) is -0.160. The number of likely N-dealkylation sites (N-methyl/N-ethyl adjacent to an activating group) is 1. The number of rotatable bonds is 12. The van der Waals surface area contributed by atoms with Crippen LogP contribution in [0.1, 0.15) is 51.5 Å². The highest BCUT2D eigenvalue weighted by molar-refractivity contribution is 5.80. The lowest BCUT2D eigenvalue weighted by Gasteiger charge is -2.32. The van der Waals surface area contributed by atoms with Crippen molar-refractivity contribution in [2.45, 2.75) is 51.5 Å². The van der Waals surface area contributed by atoms with E-state index in [-0.39, 0.29) is 36.3 Å². The number of aldehydes is 1. The van der Waals surface area contributed by atoms with Crippen LogP contribution >= 0.6 is 0 Å². The molecule has 1 aromatic rings. The zero-order valence-electron chi connectivity index (χ0n) is 20.9. The molecule has 35 heavy (non-hydrogen) atoms. The predicted molar refractivity (Wildman–Crippen MR) is 134 cm³/mol. The Bertz CT molecular complexity index is 1110. The van der Waals surface area contributed by atoms with E-state index in [2.05, 4.69) is 17.2 Å². The van der Waals surface area contributed by atoms with Crippen molar-refractivity contribution < 1.29 is 19.2 Å². The van der Waals surface area contributed by atoms with E-state index in [9.17, 15) is 24.0 Å². The Labute approximate surface area is 205 Å². The molecule has 0 aliphatic carbocycles. The summed E-state index contributed by atoms with van der Waals surface area (Å²) in [6, 6.07) is -0.803. The second-order valence-corrected chi connectivity index (χ2v) is 8.60. The highest BCUT2D eigenvalue weighted by Crippen LogP contribution is 2.26. The van der Waals surface area contributed by atoms with Gasteiger partial charge in [0.05, 0.1) is 10.7 Å². The smallest absolute Gasteiger partial charge is 0.329 e. The van der Waals surface area contributed by atoms with E-state index in [1.54, 1.807) is 17.7 Å². The zero-order valence-corrected chi connectivity index (χ0v) is 20.9. The van der Waals surface area contributed by atoms with E-state index in [1.165, 1.54) is 11.6 Å². The van der Waals surface area contributed by atoms with Crippen LogP contribution in [0.3, 0.4) is 0 Å². The van der Waals surface area contributed by atoms with Gasteiger partial charge < -0.3 is 20.3 Å². The van der Waals surface area contributed by atoms with Crippen LogP contribution in [0.15, 0.2) is 17.4 Å². The molecular weight excluding hydrogens is 450 g/mol. The van der Waals surface area contributed by atoms with Crippen molar-refractivity contribution in [2.24, 2.45) is 13.0 Å². The maximum absolute atomic E-state index is 13.3. The normalized spacial score (nSPS) is 16.4. The van der Waals surface area contributed by atoms with Crippen molar-refractivity contribution in [1.29, 1.82) is 0 Å². The van der Waals surface area contributed by atoms with Gasteiger partial charge in [0, 0.05) is 46.6 Å². The van der Waals surface area contributed by atoms with Crippen molar-refractivity contribution >= 4 is 36.2 Å². The third-order valence-corrected chi connectivity index (χ3v) is 6.60. The van der Waals surface area contributed by atoms with Gasteiger partial charge in [0.1, 0.15) is 12.3 Å². The molecule has 1 aliphatic rings. The standard InChI is InChI=1S/C25H37N5O5/c1-5-19(18-11-14-29(15-12-18)22(33)10-7-13-27-17-32)23-20(6-2)30(25(35)28(23)4)21(9-8-16-31)24(34)26-3/h5-6,16-18,21H,1,7-15H2,2-4H3,(H,26,34)(H,27,32)/b20-6+,23-19-. The third kappa shape index (κ3) is 6.37. The van der Waals surface area contributed by atoms with Gasteiger partial charge in [-0.2, -0.15) is 0 Å². The van der Waals surface area contributed by atoms with E-state index in [1.807, 2.05) is 17.9 Å². The number of amides is 3. The van der Waals surface area contributed by atoms with Gasteiger partial charge in [-0.15, -0.1) is 0 Å². The lowest BCUT2D eigenvalue weighted by atomic mass is 9.88. The summed E-state index contributed by atoms with van der Waals surface area (Å²) in [7, 11) is 3.19. The summed E-state index contributed by atoms with van der Waals surface area (Å²) >= 11 is 0. The van der Waals surface area contributed by atoms with Crippen LogP contribution in [0.5, 0.6) is 0 Å². The van der Waals surface area contributed by atoms with Crippen molar-refractivity contribution in [3.8, 4) is 0 Å². The molecule has 2 heterocycles. The predicted octanol–water partition coefficient (Wildman–Crippen LogP) is -0.645. The van der Waals surface area contributed by atoms with E-state index in [4.69, 9.17) is 0 Å². The third-order valence-electron chi connectivity index (χ3n) is 6.60. The maximum atomic E-state index is 13.3. The summed E-state index contributed by atoms with van der Waals surface area (Å²) < 4.78 is 3.01. The van der Waals surface area contributed by atoms with E-state index < -0.39 is 6.04 Å². The lowest BCUT2D eigenvalue weighted by Crippen LogP contribution is -2.43. The number of carbonyl (C=O) groups is 4. The number of nitrogens with zero attached hydrogens (tertiary/aromatic N) is 3. The molecule has 1 saturated heterocycles. The minimum absolute atomic E-state index is 0.0704. The molecule has 1 atom stereocenters. The Morgan fingerprint density at radius 2 is 1.91 bits per heavy atom. The SMILES string of the molecule is C=C/C(=c1\c(=C/C)n(C(CCC=O)C(=O)NC)c(=O)n1C)C1CCN(C(=O)CCCNC=O)CC1. The quantitative estimate of drug-likeness (QED) is 0.300. The number of piperidine rings is 1. The van der Waals surface area contributed by atoms with Crippen LogP contribution < -0.4 is 27.0 Å². The number of aromatic nitrogens is 2. The second-order valence-electron chi connectivity index (χ2n) is 8.60. The average molecular weight is 488 g/mol. The van der Waals surface area contributed by atoms with Gasteiger partial charge in [0.25, 0.3) is 0 Å². The van der Waals surface area contributed by atoms with Gasteiger partial charge in [-0.1, -0.05) is 18.7 Å². The largest absolute Gasteiger partial charge is 0.359 e. The van der Waals surface area contributed by atoms with Gasteiger partial charge in [-0.25, -0.2) is 4.79 Å². The number of allylic oxidation sites excluding steroid dienone is 1. The summed E-state index contributed by atoms with van der Waals surface area (Å²) in [6.07, 6.45) is 7.77. The Morgan fingerprint density at radius 1 is 1.23 bits per heavy atom. The molecule has 0 spiro atoms. The van der Waals surface area contributed by atoms with Gasteiger partial charge in [0.15, 0.2) is 0 Å². The van der Waals surface area contributed by atoms with Crippen LogP contribution in [0, 0.1) is 5.92 Å². The Hall–Kier alpha value is -3.43. The number of imidazole rings is 1. The number of carbonyl (C=O) groups excluding carboxylic acids is 4. The minimum Gasteiger partial charge on any atom is -0.359 e. The fourth-order valence-electron chi connectivity index (χ4n) is 4.79. The minimum atomic E-state index is -0.803. The first-order valence-electron chi connectivity index (χ1n) is 12.1. The molecule has 192 valence electrons. The summed E-state index contributed by atoms with van der Waals surface area (Å²) in [5.41, 5.74) is 0.577. The van der Waals surface area contributed by atoms with Gasteiger partial charge in [-0.3, -0.25) is 23.5 Å². The van der Waals surface area contributed by atoms with E-state index in [0.29, 0.717) is 49.6 Å². The van der Waals surface area contributed by atoms with Crippen LogP contribution in [-0.2, 0) is 26.2 Å². The molecule has 3 amide bonds. The van der Waals surface area contributed by atoms with Crippen molar-refractivity contribution in [3.05, 3.63) is 33.8 Å². The molecule has 1 aliphatic heterocycles. The first-order chi connectivity index (χ1) is 16.9. The topological polar surface area (TPSA) is 123 Å². The number of nitrogens with one attached hydrogen (secondary N) is 2. The highest BCUT2D eigenvalue weighted by atomic mass is 16.2. The lowest BCUT2D eigenvalue weighted by molar-refractivity contribution is -0.132. The zero-order chi connectivity index (χ0) is 26.0. The first kappa shape index (κ1) is 27.8. The fraction of sp³-hybridized carbons (Fsp3) is 0.560. The average Bonchev–Trinajstić information content (AvgIpc) is 3.12. The van der Waals surface area contributed by atoms with Crippen LogP contribution in [0.2, 0.25) is 0 Å². The Balaban J connectivity index is 2.41. The fourth-order valence-corrected chi connectivity index (χ4v) is 4.79. The monoisotopic (exact) mass is 487 g/mol. The second kappa shape index (κ2) is 13.5. The molecule has 1 unspecified atom stereocenters. The summed E-state index contributed by atoms with van der Waals surface area (Å²) in [6.45, 7) is 7.50. The molecule has 0 aromatic carbocycles. The summed E-state index contributed by atoms with van der Waals surface area (Å²) in [4.78, 5) is 61.6. The number of hydrogen-bond acceptors (Lipinski definition) is 5. The molecule has 2 rings (SSSR count). The van der Waals surface area contributed by atoms with Crippen LogP contribution in [0.4, 0.5) is 0 Å². The number of hydrogen-bond donors (Lipinski definition) is 2. The molecule has 0 saturated carbocycles. The highest BCUT2D eigenvalue weighted by Gasteiger charge is 2.28. The van der Waals surface area contributed by atoms with Gasteiger partial charge in [-0.05, 0) is 44.1 Å².